The maximum Gasteiger partial charge on any atom is 0.0717 e. The second-order valence-electron chi connectivity index (χ2n) is 5.38. The Morgan fingerprint density at radius 2 is 1.81 bits per heavy atom. The summed E-state index contributed by atoms with van der Waals surface area (Å²) in [5, 5.41) is 1.13. The van der Waals surface area contributed by atoms with Crippen LogP contribution in [0, 0.1) is 13.8 Å². The molecule has 0 fully saturated rings. The highest BCUT2D eigenvalue weighted by Crippen LogP contribution is 2.28. The molecule has 3 nitrogen and oxygen atoms in total. The van der Waals surface area contributed by atoms with Gasteiger partial charge >= 0.3 is 0 Å². The summed E-state index contributed by atoms with van der Waals surface area (Å²) in [4.78, 5) is 4.60. The van der Waals surface area contributed by atoms with Gasteiger partial charge in [0.25, 0.3) is 0 Å². The van der Waals surface area contributed by atoms with Crippen LogP contribution in [0.3, 0.4) is 0 Å². The van der Waals surface area contributed by atoms with Crippen molar-refractivity contribution in [2.45, 2.75) is 19.9 Å². The maximum absolute atomic E-state index is 5.86. The number of aromatic nitrogens is 1. The maximum atomic E-state index is 5.86. The Morgan fingerprint density at radius 1 is 1.00 bits per heavy atom. The Morgan fingerprint density at radius 3 is 2.57 bits per heavy atom. The minimum Gasteiger partial charge on any atom is -0.271 e. The largest absolute Gasteiger partial charge is 0.271 e. The number of hydrogen-bond acceptors (Lipinski definition) is 3. The van der Waals surface area contributed by atoms with Gasteiger partial charge in [0.2, 0.25) is 0 Å². The number of nitrogens with one attached hydrogen (secondary N) is 1. The number of hydrazine groups is 1. The number of pyridine rings is 1. The molecule has 0 aliphatic heterocycles. The molecule has 106 valence electrons. The van der Waals surface area contributed by atoms with Gasteiger partial charge in [0.1, 0.15) is 0 Å². The highest BCUT2D eigenvalue weighted by atomic mass is 15.2. The number of nitrogens with two attached hydrogens (primary N) is 1. The fourth-order valence-corrected chi connectivity index (χ4v) is 2.79. The summed E-state index contributed by atoms with van der Waals surface area (Å²) in [7, 11) is 0. The lowest BCUT2D eigenvalue weighted by Crippen LogP contribution is -2.29. The molecule has 3 aromatic rings. The molecular weight excluding hydrogens is 258 g/mol. The van der Waals surface area contributed by atoms with Crippen molar-refractivity contribution in [3.05, 3.63) is 77.0 Å². The zero-order valence-corrected chi connectivity index (χ0v) is 12.3. The quantitative estimate of drug-likeness (QED) is 0.570. The van der Waals surface area contributed by atoms with E-state index >= 15 is 0 Å². The molecule has 2 aromatic carbocycles. The minimum atomic E-state index is -0.0449. The Kier molecular flexibility index (Phi) is 3.69. The fourth-order valence-electron chi connectivity index (χ4n) is 2.79. The Hall–Kier alpha value is -2.23. The van der Waals surface area contributed by atoms with Crippen LogP contribution in [-0.4, -0.2) is 4.98 Å². The monoisotopic (exact) mass is 277 g/mol. The summed E-state index contributed by atoms with van der Waals surface area (Å²) in [5.41, 5.74) is 8.49. The zero-order valence-electron chi connectivity index (χ0n) is 12.3. The zero-order chi connectivity index (χ0) is 14.8. The van der Waals surface area contributed by atoms with Crippen LogP contribution in [0.2, 0.25) is 0 Å². The van der Waals surface area contributed by atoms with Crippen LogP contribution >= 0.6 is 0 Å². The van der Waals surface area contributed by atoms with Gasteiger partial charge in [-0.25, -0.2) is 5.43 Å². The highest BCUT2D eigenvalue weighted by molar-refractivity contribution is 5.83. The number of aryl methyl sites for hydroxylation is 2. The van der Waals surface area contributed by atoms with Crippen molar-refractivity contribution in [3.63, 3.8) is 0 Å². The second kappa shape index (κ2) is 5.64. The second-order valence-corrected chi connectivity index (χ2v) is 5.38. The van der Waals surface area contributed by atoms with Crippen LogP contribution in [0.4, 0.5) is 0 Å². The first kappa shape index (κ1) is 13.7. The number of rotatable bonds is 3. The minimum absolute atomic E-state index is 0.0449. The van der Waals surface area contributed by atoms with Crippen molar-refractivity contribution in [1.82, 2.24) is 10.4 Å². The lowest BCUT2D eigenvalue weighted by molar-refractivity contribution is 0.639. The van der Waals surface area contributed by atoms with Crippen molar-refractivity contribution in [2.24, 2.45) is 5.84 Å². The molecule has 1 atom stereocenters. The molecule has 0 aliphatic rings. The fraction of sp³-hybridized carbons (Fsp3) is 0.167. The molecule has 0 saturated carbocycles. The Balaban J connectivity index is 2.21. The first-order chi connectivity index (χ1) is 10.2. The van der Waals surface area contributed by atoms with Crippen LogP contribution in [0.1, 0.15) is 28.4 Å². The van der Waals surface area contributed by atoms with Gasteiger partial charge in [-0.15, -0.1) is 0 Å². The van der Waals surface area contributed by atoms with Crippen molar-refractivity contribution >= 4 is 10.9 Å². The van der Waals surface area contributed by atoms with Gasteiger partial charge in [0, 0.05) is 11.1 Å². The summed E-state index contributed by atoms with van der Waals surface area (Å²) in [6.45, 7) is 4.10. The molecule has 21 heavy (non-hydrogen) atoms. The van der Waals surface area contributed by atoms with E-state index in [0.717, 1.165) is 27.7 Å². The first-order valence-electron chi connectivity index (χ1n) is 7.08. The van der Waals surface area contributed by atoms with Crippen molar-refractivity contribution in [1.29, 1.82) is 0 Å². The van der Waals surface area contributed by atoms with Crippen LogP contribution in [-0.2, 0) is 0 Å². The molecule has 0 bridgehead atoms. The number of benzene rings is 2. The molecule has 0 saturated heterocycles. The third-order valence-corrected chi connectivity index (χ3v) is 3.73. The van der Waals surface area contributed by atoms with E-state index in [4.69, 9.17) is 5.84 Å². The smallest absolute Gasteiger partial charge is 0.0717 e. The van der Waals surface area contributed by atoms with Crippen molar-refractivity contribution < 1.29 is 0 Å². The normalized spacial score (nSPS) is 12.5. The Bertz CT molecular complexity index is 780. The lowest BCUT2D eigenvalue weighted by atomic mass is 9.94. The van der Waals surface area contributed by atoms with Crippen LogP contribution in [0.5, 0.6) is 0 Å². The molecular formula is C18H19N3. The van der Waals surface area contributed by atoms with Gasteiger partial charge < -0.3 is 0 Å². The Labute approximate surface area is 124 Å². The summed E-state index contributed by atoms with van der Waals surface area (Å²) >= 11 is 0. The third kappa shape index (κ3) is 2.66. The summed E-state index contributed by atoms with van der Waals surface area (Å²) in [5.74, 6) is 5.86. The van der Waals surface area contributed by atoms with E-state index in [1.54, 1.807) is 0 Å². The van der Waals surface area contributed by atoms with E-state index in [1.165, 1.54) is 5.56 Å². The average molecular weight is 277 g/mol. The average Bonchev–Trinajstić information content (AvgIpc) is 2.48. The molecule has 3 N–H and O–H groups in total. The molecule has 0 spiro atoms. The number of hydrogen-bond donors (Lipinski definition) is 2. The van der Waals surface area contributed by atoms with Gasteiger partial charge in [-0.3, -0.25) is 10.8 Å². The van der Waals surface area contributed by atoms with Gasteiger partial charge in [-0.2, -0.15) is 0 Å². The number of fused-ring (bicyclic) bond motifs is 1. The van der Waals surface area contributed by atoms with E-state index in [9.17, 15) is 0 Å². The van der Waals surface area contributed by atoms with Crippen molar-refractivity contribution in [2.75, 3.05) is 0 Å². The van der Waals surface area contributed by atoms with Gasteiger partial charge in [0.15, 0.2) is 0 Å². The van der Waals surface area contributed by atoms with Crippen LogP contribution in [0.15, 0.2) is 54.6 Å². The number of nitrogens with zero attached hydrogens (tertiary/aromatic N) is 1. The molecule has 3 heteroatoms. The van der Waals surface area contributed by atoms with Crippen molar-refractivity contribution in [3.8, 4) is 0 Å². The van der Waals surface area contributed by atoms with Gasteiger partial charge in [-0.1, -0.05) is 48.0 Å². The SMILES string of the molecule is Cc1cccc(C(NN)c2cc(C)nc3ccccc23)c1. The molecule has 1 aromatic heterocycles. The molecule has 1 unspecified atom stereocenters. The van der Waals surface area contributed by atoms with E-state index in [2.05, 4.69) is 53.7 Å². The predicted molar refractivity (Wildman–Crippen MR) is 86.8 cm³/mol. The predicted octanol–water partition coefficient (Wildman–Crippen LogP) is 3.40. The molecule has 0 amide bonds. The molecule has 0 radical (unpaired) electrons. The summed E-state index contributed by atoms with van der Waals surface area (Å²) in [6, 6.07) is 18.6. The molecule has 0 aliphatic carbocycles. The van der Waals surface area contributed by atoms with Gasteiger partial charge in [-0.05, 0) is 37.1 Å². The topological polar surface area (TPSA) is 50.9 Å². The highest BCUT2D eigenvalue weighted by Gasteiger charge is 2.16. The summed E-state index contributed by atoms with van der Waals surface area (Å²) < 4.78 is 0. The van der Waals surface area contributed by atoms with E-state index < -0.39 is 0 Å². The molecule has 1 heterocycles. The third-order valence-electron chi connectivity index (χ3n) is 3.73. The number of para-hydroxylation sites is 1. The summed E-state index contributed by atoms with van der Waals surface area (Å²) in [6.07, 6.45) is 0. The van der Waals surface area contributed by atoms with E-state index in [-0.39, 0.29) is 6.04 Å². The standard InChI is InChI=1S/C18H19N3/c1-12-6-5-7-14(10-12)18(21-19)16-11-13(2)20-17-9-4-3-8-15(16)17/h3-11,18,21H,19H2,1-2H3. The van der Waals surface area contributed by atoms with Crippen LogP contribution in [0.25, 0.3) is 10.9 Å². The van der Waals surface area contributed by atoms with E-state index in [1.807, 2.05) is 25.1 Å². The van der Waals surface area contributed by atoms with Gasteiger partial charge in [0.05, 0.1) is 11.6 Å². The van der Waals surface area contributed by atoms with E-state index in [0.29, 0.717) is 0 Å². The van der Waals surface area contributed by atoms with Crippen LogP contribution < -0.4 is 11.3 Å². The lowest BCUT2D eigenvalue weighted by Gasteiger charge is -2.20. The first-order valence-corrected chi connectivity index (χ1v) is 7.08. The molecule has 3 rings (SSSR count).